The van der Waals surface area contributed by atoms with E-state index < -0.39 is 0 Å². The van der Waals surface area contributed by atoms with Crippen LogP contribution in [0.1, 0.15) is 10.4 Å². The molecule has 0 bridgehead atoms. The summed E-state index contributed by atoms with van der Waals surface area (Å²) in [7, 11) is 0. The van der Waals surface area contributed by atoms with E-state index in [0.717, 1.165) is 0 Å². The van der Waals surface area contributed by atoms with Gasteiger partial charge in [0.25, 0.3) is 5.91 Å². The first kappa shape index (κ1) is 13.0. The van der Waals surface area contributed by atoms with Crippen molar-refractivity contribution in [1.29, 1.82) is 0 Å². The lowest BCUT2D eigenvalue weighted by Crippen LogP contribution is -2.11. The molecule has 0 saturated heterocycles. The molecule has 0 aliphatic rings. The van der Waals surface area contributed by atoms with Gasteiger partial charge in [0.05, 0.1) is 16.4 Å². The summed E-state index contributed by atoms with van der Waals surface area (Å²) in [6.07, 6.45) is 1.41. The maximum Gasteiger partial charge on any atom is 0.255 e. The number of benzene rings is 2. The van der Waals surface area contributed by atoms with Gasteiger partial charge in [-0.2, -0.15) is 4.99 Å². The summed E-state index contributed by atoms with van der Waals surface area (Å²) >= 11 is 6.03. The number of carbonyl (C=O) groups excluding carboxylic acids is 2. The molecule has 0 spiro atoms. The molecule has 0 fully saturated rings. The zero-order valence-electron chi connectivity index (χ0n) is 9.76. The first-order valence-electron chi connectivity index (χ1n) is 5.45. The molecule has 1 N–H and O–H groups in total. The largest absolute Gasteiger partial charge is 0.321 e. The van der Waals surface area contributed by atoms with E-state index in [1.807, 2.05) is 6.07 Å². The van der Waals surface area contributed by atoms with Crippen LogP contribution in [0.2, 0.25) is 5.02 Å². The van der Waals surface area contributed by atoms with Crippen molar-refractivity contribution >= 4 is 35.0 Å². The lowest BCUT2D eigenvalue weighted by atomic mass is 10.2. The second kappa shape index (κ2) is 5.96. The number of nitrogens with zero attached hydrogens (tertiary/aromatic N) is 1. The summed E-state index contributed by atoms with van der Waals surface area (Å²) in [5, 5.41) is 2.87. The van der Waals surface area contributed by atoms with Crippen molar-refractivity contribution in [3.8, 4) is 0 Å². The SMILES string of the molecule is O=C=Nc1cccc(NC(=O)c2ccccc2)c1Cl. The number of anilines is 1. The number of carbonyl (C=O) groups is 1. The molecule has 0 aromatic heterocycles. The highest BCUT2D eigenvalue weighted by Crippen LogP contribution is 2.32. The van der Waals surface area contributed by atoms with Crippen LogP contribution in [0.25, 0.3) is 0 Å². The standard InChI is InChI=1S/C14H9ClN2O2/c15-13-11(16-9-18)7-4-8-12(13)17-14(19)10-5-2-1-3-6-10/h1-8H,(H,17,19). The summed E-state index contributed by atoms with van der Waals surface area (Å²) in [5.74, 6) is -0.283. The molecule has 2 aromatic carbocycles. The predicted octanol–water partition coefficient (Wildman–Crippen LogP) is 3.56. The van der Waals surface area contributed by atoms with Crippen molar-refractivity contribution in [3.63, 3.8) is 0 Å². The first-order valence-corrected chi connectivity index (χ1v) is 5.83. The van der Waals surface area contributed by atoms with Crippen molar-refractivity contribution in [2.24, 2.45) is 4.99 Å². The van der Waals surface area contributed by atoms with Crippen LogP contribution in [0.5, 0.6) is 0 Å². The van der Waals surface area contributed by atoms with E-state index >= 15 is 0 Å². The van der Waals surface area contributed by atoms with Gasteiger partial charge in [-0.25, -0.2) is 4.79 Å². The second-order valence-electron chi connectivity index (χ2n) is 3.66. The maximum absolute atomic E-state index is 12.0. The number of rotatable bonds is 3. The lowest BCUT2D eigenvalue weighted by Gasteiger charge is -2.08. The van der Waals surface area contributed by atoms with Crippen LogP contribution in [0, 0.1) is 0 Å². The Kier molecular flexibility index (Phi) is 4.08. The van der Waals surface area contributed by atoms with Crippen LogP contribution in [-0.4, -0.2) is 12.0 Å². The Morgan fingerprint density at radius 1 is 1.11 bits per heavy atom. The number of hydrogen-bond acceptors (Lipinski definition) is 3. The van der Waals surface area contributed by atoms with E-state index in [1.54, 1.807) is 42.5 Å². The highest BCUT2D eigenvalue weighted by atomic mass is 35.5. The predicted molar refractivity (Wildman–Crippen MR) is 73.6 cm³/mol. The lowest BCUT2D eigenvalue weighted by molar-refractivity contribution is 0.102. The molecule has 0 atom stereocenters. The maximum atomic E-state index is 12.0. The third-order valence-corrected chi connectivity index (χ3v) is 2.83. The zero-order valence-corrected chi connectivity index (χ0v) is 10.5. The average Bonchev–Trinajstić information content (AvgIpc) is 2.44. The average molecular weight is 273 g/mol. The summed E-state index contributed by atoms with van der Waals surface area (Å²) in [5.41, 5.74) is 1.18. The van der Waals surface area contributed by atoms with E-state index in [4.69, 9.17) is 11.6 Å². The molecule has 2 rings (SSSR count). The molecular formula is C14H9ClN2O2. The van der Waals surface area contributed by atoms with Crippen molar-refractivity contribution in [2.45, 2.75) is 0 Å². The number of nitrogens with one attached hydrogen (secondary N) is 1. The fourth-order valence-electron chi connectivity index (χ4n) is 1.54. The van der Waals surface area contributed by atoms with Crippen LogP contribution < -0.4 is 5.32 Å². The zero-order chi connectivity index (χ0) is 13.7. The van der Waals surface area contributed by atoms with E-state index in [-0.39, 0.29) is 16.6 Å². The van der Waals surface area contributed by atoms with Gasteiger partial charge in [-0.15, -0.1) is 0 Å². The monoisotopic (exact) mass is 272 g/mol. The Bertz CT molecular complexity index is 650. The molecule has 2 aromatic rings. The molecule has 0 aliphatic heterocycles. The topological polar surface area (TPSA) is 58.5 Å². The van der Waals surface area contributed by atoms with Crippen LogP contribution in [0.3, 0.4) is 0 Å². The van der Waals surface area contributed by atoms with Crippen molar-refractivity contribution in [2.75, 3.05) is 5.32 Å². The number of halogens is 1. The molecule has 0 heterocycles. The molecular weight excluding hydrogens is 264 g/mol. The summed E-state index contributed by atoms with van der Waals surface area (Å²) in [6.45, 7) is 0. The Hall–Kier alpha value is -2.42. The molecule has 19 heavy (non-hydrogen) atoms. The Balaban J connectivity index is 2.27. The molecule has 0 unspecified atom stereocenters. The van der Waals surface area contributed by atoms with E-state index in [1.165, 1.54) is 6.08 Å². The van der Waals surface area contributed by atoms with Gasteiger partial charge in [-0.3, -0.25) is 4.79 Å². The van der Waals surface area contributed by atoms with Gasteiger partial charge in [0, 0.05) is 5.56 Å². The summed E-state index contributed by atoms with van der Waals surface area (Å²) < 4.78 is 0. The minimum Gasteiger partial charge on any atom is -0.321 e. The third kappa shape index (κ3) is 3.07. The van der Waals surface area contributed by atoms with Crippen molar-refractivity contribution in [3.05, 3.63) is 59.1 Å². The van der Waals surface area contributed by atoms with Gasteiger partial charge in [0.2, 0.25) is 6.08 Å². The smallest absolute Gasteiger partial charge is 0.255 e. The van der Waals surface area contributed by atoms with Crippen LogP contribution in [0.4, 0.5) is 11.4 Å². The molecule has 5 heteroatoms. The van der Waals surface area contributed by atoms with Gasteiger partial charge < -0.3 is 5.32 Å². The highest BCUT2D eigenvalue weighted by Gasteiger charge is 2.10. The van der Waals surface area contributed by atoms with Crippen LogP contribution >= 0.6 is 11.6 Å². The molecule has 4 nitrogen and oxygen atoms in total. The first-order chi connectivity index (χ1) is 9.22. The van der Waals surface area contributed by atoms with Gasteiger partial charge >= 0.3 is 0 Å². The van der Waals surface area contributed by atoms with Crippen LogP contribution in [-0.2, 0) is 4.79 Å². The minimum absolute atomic E-state index is 0.204. The van der Waals surface area contributed by atoms with Crippen molar-refractivity contribution in [1.82, 2.24) is 0 Å². The molecule has 0 saturated carbocycles. The molecule has 0 radical (unpaired) electrons. The number of amides is 1. The summed E-state index contributed by atoms with van der Waals surface area (Å²) in [4.78, 5) is 25.7. The molecule has 0 aliphatic carbocycles. The fraction of sp³-hybridized carbons (Fsp3) is 0. The fourth-order valence-corrected chi connectivity index (χ4v) is 1.75. The van der Waals surface area contributed by atoms with Gasteiger partial charge in [-0.05, 0) is 24.3 Å². The Labute approximate surface area is 114 Å². The Morgan fingerprint density at radius 3 is 2.53 bits per heavy atom. The molecule has 94 valence electrons. The Morgan fingerprint density at radius 2 is 1.84 bits per heavy atom. The highest BCUT2D eigenvalue weighted by molar-refractivity contribution is 6.36. The van der Waals surface area contributed by atoms with Gasteiger partial charge in [0.1, 0.15) is 0 Å². The van der Waals surface area contributed by atoms with Gasteiger partial charge in [-0.1, -0.05) is 35.9 Å². The van der Waals surface area contributed by atoms with Crippen LogP contribution in [0.15, 0.2) is 53.5 Å². The van der Waals surface area contributed by atoms with E-state index in [2.05, 4.69) is 10.3 Å². The number of hydrogen-bond donors (Lipinski definition) is 1. The third-order valence-electron chi connectivity index (χ3n) is 2.43. The summed E-state index contributed by atoms with van der Waals surface area (Å²) in [6, 6.07) is 13.6. The van der Waals surface area contributed by atoms with Crippen molar-refractivity contribution < 1.29 is 9.59 Å². The number of aliphatic imine (C=N–C) groups is 1. The van der Waals surface area contributed by atoms with E-state index in [9.17, 15) is 9.59 Å². The second-order valence-corrected chi connectivity index (χ2v) is 4.04. The van der Waals surface area contributed by atoms with Gasteiger partial charge in [0.15, 0.2) is 0 Å². The minimum atomic E-state index is -0.283. The van der Waals surface area contributed by atoms with E-state index in [0.29, 0.717) is 11.3 Å². The normalized spacial score (nSPS) is 9.53. The molecule has 1 amide bonds. The quantitative estimate of drug-likeness (QED) is 0.686. The number of isocyanates is 1.